The number of benzene rings is 1. The summed E-state index contributed by atoms with van der Waals surface area (Å²) in [5.41, 5.74) is 3.93. The van der Waals surface area contributed by atoms with Crippen LogP contribution in [0.15, 0.2) is 35.8 Å². The second kappa shape index (κ2) is 9.30. The number of likely N-dealkylation sites (tertiary alicyclic amines) is 1. The van der Waals surface area contributed by atoms with Gasteiger partial charge in [0.15, 0.2) is 0 Å². The lowest BCUT2D eigenvalue weighted by Crippen LogP contribution is -2.49. The van der Waals surface area contributed by atoms with E-state index in [4.69, 9.17) is 4.74 Å². The van der Waals surface area contributed by atoms with Crippen molar-refractivity contribution in [2.24, 2.45) is 0 Å². The predicted molar refractivity (Wildman–Crippen MR) is 108 cm³/mol. The number of carbonyl (C=O) groups is 1. The van der Waals surface area contributed by atoms with E-state index in [9.17, 15) is 4.79 Å². The molecule has 0 unspecified atom stereocenters. The fourth-order valence-corrected chi connectivity index (χ4v) is 4.18. The van der Waals surface area contributed by atoms with E-state index >= 15 is 0 Å². The predicted octanol–water partition coefficient (Wildman–Crippen LogP) is 2.88. The van der Waals surface area contributed by atoms with Crippen LogP contribution in [0.5, 0.6) is 0 Å². The minimum atomic E-state index is -0.0587. The SMILES string of the molecule is CCO[C@H]1CN(C)C[C@@H]1NC(=O)N(Cc1ccccc1)Cc1scnc1C. The lowest BCUT2D eigenvalue weighted by molar-refractivity contribution is 0.0547. The Hall–Kier alpha value is -1.96. The van der Waals surface area contributed by atoms with Crippen LogP contribution in [0.25, 0.3) is 0 Å². The highest BCUT2D eigenvalue weighted by molar-refractivity contribution is 7.09. The Morgan fingerprint density at radius 2 is 2.11 bits per heavy atom. The zero-order valence-electron chi connectivity index (χ0n) is 16.2. The Labute approximate surface area is 165 Å². The molecule has 1 saturated heterocycles. The molecule has 0 radical (unpaired) electrons. The maximum absolute atomic E-state index is 13.1. The summed E-state index contributed by atoms with van der Waals surface area (Å²) in [6.07, 6.45) is 0.0349. The second-order valence-corrected chi connectivity index (χ2v) is 7.91. The number of rotatable bonds is 7. The molecule has 7 heteroatoms. The number of carbonyl (C=O) groups excluding carboxylic acids is 1. The van der Waals surface area contributed by atoms with Gasteiger partial charge in [0.05, 0.1) is 29.9 Å². The molecule has 2 amide bonds. The molecule has 1 fully saturated rings. The molecular formula is C20H28N4O2S. The van der Waals surface area contributed by atoms with Gasteiger partial charge < -0.3 is 19.9 Å². The van der Waals surface area contributed by atoms with Gasteiger partial charge in [-0.25, -0.2) is 9.78 Å². The Kier molecular flexibility index (Phi) is 6.82. The van der Waals surface area contributed by atoms with Crippen LogP contribution in [-0.4, -0.2) is 59.7 Å². The first-order valence-electron chi connectivity index (χ1n) is 9.35. The molecule has 0 aliphatic carbocycles. The van der Waals surface area contributed by atoms with Crippen molar-refractivity contribution in [2.75, 3.05) is 26.7 Å². The van der Waals surface area contributed by atoms with E-state index in [0.29, 0.717) is 19.7 Å². The standard InChI is InChI=1S/C20H28N4O2S/c1-4-26-18-12-23(3)11-17(18)22-20(25)24(10-16-8-6-5-7-9-16)13-19-15(2)21-14-27-19/h5-9,14,17-18H,4,10-13H2,1-3H3,(H,22,25)/t17-,18-/m0/s1. The number of amides is 2. The summed E-state index contributed by atoms with van der Waals surface area (Å²) in [5, 5.41) is 3.20. The van der Waals surface area contributed by atoms with E-state index in [-0.39, 0.29) is 18.2 Å². The molecule has 0 spiro atoms. The highest BCUT2D eigenvalue weighted by Gasteiger charge is 2.33. The molecule has 2 aromatic rings. The molecule has 146 valence electrons. The average Bonchev–Trinajstić information content (AvgIpc) is 3.21. The fraction of sp³-hybridized carbons (Fsp3) is 0.500. The number of aromatic nitrogens is 1. The molecule has 2 heterocycles. The van der Waals surface area contributed by atoms with Crippen molar-refractivity contribution in [1.29, 1.82) is 0 Å². The van der Waals surface area contributed by atoms with Crippen molar-refractivity contribution in [1.82, 2.24) is 20.1 Å². The van der Waals surface area contributed by atoms with E-state index < -0.39 is 0 Å². The lowest BCUT2D eigenvalue weighted by atomic mass is 10.2. The van der Waals surface area contributed by atoms with Crippen LogP contribution in [0.4, 0.5) is 4.79 Å². The largest absolute Gasteiger partial charge is 0.375 e. The number of nitrogens with one attached hydrogen (secondary N) is 1. The number of ether oxygens (including phenoxy) is 1. The number of hydrogen-bond donors (Lipinski definition) is 1. The number of aryl methyl sites for hydroxylation is 1. The average molecular weight is 389 g/mol. The highest BCUT2D eigenvalue weighted by atomic mass is 32.1. The first-order valence-corrected chi connectivity index (χ1v) is 10.2. The van der Waals surface area contributed by atoms with Gasteiger partial charge in [-0.2, -0.15) is 0 Å². The molecular weight excluding hydrogens is 360 g/mol. The van der Waals surface area contributed by atoms with Crippen molar-refractivity contribution >= 4 is 17.4 Å². The lowest BCUT2D eigenvalue weighted by Gasteiger charge is -2.27. The summed E-state index contributed by atoms with van der Waals surface area (Å²) >= 11 is 1.59. The minimum Gasteiger partial charge on any atom is -0.375 e. The van der Waals surface area contributed by atoms with Gasteiger partial charge in [-0.15, -0.1) is 11.3 Å². The van der Waals surface area contributed by atoms with Crippen molar-refractivity contribution < 1.29 is 9.53 Å². The van der Waals surface area contributed by atoms with Crippen molar-refractivity contribution in [2.45, 2.75) is 39.1 Å². The molecule has 6 nitrogen and oxygen atoms in total. The quantitative estimate of drug-likeness (QED) is 0.792. The normalized spacial score (nSPS) is 20.0. The van der Waals surface area contributed by atoms with E-state index in [1.54, 1.807) is 11.3 Å². The van der Waals surface area contributed by atoms with E-state index in [1.807, 2.05) is 54.6 Å². The molecule has 0 saturated carbocycles. The molecule has 0 bridgehead atoms. The van der Waals surface area contributed by atoms with Crippen molar-refractivity contribution in [3.05, 3.63) is 52.0 Å². The molecule has 27 heavy (non-hydrogen) atoms. The minimum absolute atomic E-state index is 0.00304. The van der Waals surface area contributed by atoms with Gasteiger partial charge in [-0.05, 0) is 26.5 Å². The molecule has 1 aromatic heterocycles. The van der Waals surface area contributed by atoms with Crippen LogP contribution >= 0.6 is 11.3 Å². The first-order chi connectivity index (χ1) is 13.1. The van der Waals surface area contributed by atoms with Crippen molar-refractivity contribution in [3.63, 3.8) is 0 Å². The summed E-state index contributed by atoms with van der Waals surface area (Å²) in [7, 11) is 2.06. The molecule has 1 aliphatic rings. The van der Waals surface area contributed by atoms with Crippen LogP contribution < -0.4 is 5.32 Å². The van der Waals surface area contributed by atoms with Gasteiger partial charge in [0.2, 0.25) is 0 Å². The molecule has 1 aliphatic heterocycles. The van der Waals surface area contributed by atoms with Crippen LogP contribution in [-0.2, 0) is 17.8 Å². The molecule has 1 N–H and O–H groups in total. The zero-order chi connectivity index (χ0) is 19.2. The highest BCUT2D eigenvalue weighted by Crippen LogP contribution is 2.18. The maximum Gasteiger partial charge on any atom is 0.318 e. The number of urea groups is 1. The fourth-order valence-electron chi connectivity index (χ4n) is 3.39. The Balaban J connectivity index is 1.72. The Morgan fingerprint density at radius 1 is 1.33 bits per heavy atom. The Bertz CT molecular complexity index is 737. The topological polar surface area (TPSA) is 57.7 Å². The summed E-state index contributed by atoms with van der Waals surface area (Å²) < 4.78 is 5.83. The third-order valence-corrected chi connectivity index (χ3v) is 5.74. The first kappa shape index (κ1) is 19.8. The molecule has 2 atom stereocenters. The number of thiazole rings is 1. The number of hydrogen-bond acceptors (Lipinski definition) is 5. The summed E-state index contributed by atoms with van der Waals surface area (Å²) in [6, 6.07) is 10.0. The summed E-state index contributed by atoms with van der Waals surface area (Å²) in [6.45, 7) is 7.39. The zero-order valence-corrected chi connectivity index (χ0v) is 17.0. The molecule has 3 rings (SSSR count). The van der Waals surface area contributed by atoms with Crippen LogP contribution in [0, 0.1) is 6.92 Å². The summed E-state index contributed by atoms with van der Waals surface area (Å²) in [4.78, 5) is 22.6. The van der Waals surface area contributed by atoms with Crippen LogP contribution in [0.2, 0.25) is 0 Å². The van der Waals surface area contributed by atoms with E-state index in [0.717, 1.165) is 29.2 Å². The van der Waals surface area contributed by atoms with E-state index in [1.165, 1.54) is 0 Å². The maximum atomic E-state index is 13.1. The van der Waals surface area contributed by atoms with E-state index in [2.05, 4.69) is 22.2 Å². The van der Waals surface area contributed by atoms with Crippen LogP contribution in [0.1, 0.15) is 23.1 Å². The van der Waals surface area contributed by atoms with Crippen LogP contribution in [0.3, 0.4) is 0 Å². The third-order valence-electron chi connectivity index (χ3n) is 4.82. The van der Waals surface area contributed by atoms with Gasteiger partial charge in [0, 0.05) is 31.1 Å². The smallest absolute Gasteiger partial charge is 0.318 e. The summed E-state index contributed by atoms with van der Waals surface area (Å²) in [5.74, 6) is 0. The monoisotopic (exact) mass is 388 g/mol. The second-order valence-electron chi connectivity index (χ2n) is 6.97. The number of nitrogens with zero attached hydrogens (tertiary/aromatic N) is 3. The number of likely N-dealkylation sites (N-methyl/N-ethyl adjacent to an activating group) is 1. The third kappa shape index (κ3) is 5.28. The van der Waals surface area contributed by atoms with Gasteiger partial charge in [0.25, 0.3) is 0 Å². The van der Waals surface area contributed by atoms with Gasteiger partial charge >= 0.3 is 6.03 Å². The molecule has 1 aromatic carbocycles. The van der Waals surface area contributed by atoms with Gasteiger partial charge in [0.1, 0.15) is 0 Å². The van der Waals surface area contributed by atoms with Gasteiger partial charge in [-0.1, -0.05) is 30.3 Å². The van der Waals surface area contributed by atoms with Gasteiger partial charge in [-0.3, -0.25) is 0 Å². The van der Waals surface area contributed by atoms with Crippen molar-refractivity contribution in [3.8, 4) is 0 Å². The Morgan fingerprint density at radius 3 is 2.78 bits per heavy atom.